The first-order valence-electron chi connectivity index (χ1n) is 8.27. The number of ether oxygens (including phenoxy) is 1. The summed E-state index contributed by atoms with van der Waals surface area (Å²) in [6.45, 7) is 1.31. The van der Waals surface area contributed by atoms with Crippen molar-refractivity contribution in [3.05, 3.63) is 56.2 Å². The van der Waals surface area contributed by atoms with Crippen molar-refractivity contribution >= 4 is 33.2 Å². The average molecular weight is 424 g/mol. The average Bonchev–Trinajstić information content (AvgIpc) is 3.07. The molecule has 0 radical (unpaired) electrons. The molecule has 2 heterocycles. The van der Waals surface area contributed by atoms with Crippen LogP contribution in [0.15, 0.2) is 33.5 Å². The number of carbonyl (C=O) groups excluding carboxylic acids is 1. The third-order valence-corrected chi connectivity index (χ3v) is 4.73. The molecule has 1 aliphatic heterocycles. The van der Waals surface area contributed by atoms with Crippen LogP contribution in [0.4, 0.5) is 15.8 Å². The number of anilines is 2. The number of methoxy groups -OCH3 is 1. The summed E-state index contributed by atoms with van der Waals surface area (Å²) in [6.07, 6.45) is 1.42. The third kappa shape index (κ3) is 3.81. The lowest BCUT2D eigenvalue weighted by Gasteiger charge is -2.17. The molecule has 1 amide bonds. The molecule has 2 N–H and O–H groups in total. The summed E-state index contributed by atoms with van der Waals surface area (Å²) in [5.41, 5.74) is 1.35. The lowest BCUT2D eigenvalue weighted by atomic mass is 10.1. The Morgan fingerprint density at radius 1 is 1.35 bits per heavy atom. The Morgan fingerprint density at radius 3 is 2.88 bits per heavy atom. The minimum absolute atomic E-state index is 0.196. The molecular weight excluding hydrogens is 405 g/mol. The Kier molecular flexibility index (Phi) is 5.73. The molecule has 26 heavy (non-hydrogen) atoms. The molecule has 0 atom stereocenters. The number of pyridine rings is 1. The highest BCUT2D eigenvalue weighted by atomic mass is 79.9. The second-order valence-corrected chi connectivity index (χ2v) is 6.89. The Bertz CT molecular complexity index is 898. The number of amides is 1. The standard InChI is InChI=1S/C18H19BrFN3O3/c1-26-8-6-21-18(25)17-14(10-16(24)23-7-2-3-15(17)23)22-13-5-4-11(19)9-12(13)20/h4-5,9-10,22H,2-3,6-8H2,1H3,(H,21,25). The van der Waals surface area contributed by atoms with Gasteiger partial charge in [0.25, 0.3) is 11.5 Å². The van der Waals surface area contributed by atoms with Gasteiger partial charge in [-0.1, -0.05) is 15.9 Å². The molecule has 1 aromatic carbocycles. The van der Waals surface area contributed by atoms with Crippen molar-refractivity contribution in [3.63, 3.8) is 0 Å². The quantitative estimate of drug-likeness (QED) is 0.700. The largest absolute Gasteiger partial charge is 0.383 e. The summed E-state index contributed by atoms with van der Waals surface area (Å²) in [5, 5.41) is 5.69. The van der Waals surface area contributed by atoms with Crippen LogP contribution in [0.2, 0.25) is 0 Å². The molecule has 2 aromatic rings. The molecule has 0 saturated carbocycles. The fraction of sp³-hybridized carbons (Fsp3) is 0.333. The van der Waals surface area contributed by atoms with Gasteiger partial charge in [-0.2, -0.15) is 0 Å². The predicted molar refractivity (Wildman–Crippen MR) is 101 cm³/mol. The highest BCUT2D eigenvalue weighted by molar-refractivity contribution is 9.10. The maximum Gasteiger partial charge on any atom is 0.255 e. The molecule has 1 aliphatic rings. The van der Waals surface area contributed by atoms with E-state index in [2.05, 4.69) is 26.6 Å². The van der Waals surface area contributed by atoms with E-state index < -0.39 is 5.82 Å². The summed E-state index contributed by atoms with van der Waals surface area (Å²) in [7, 11) is 1.55. The van der Waals surface area contributed by atoms with Gasteiger partial charge in [0.1, 0.15) is 5.82 Å². The van der Waals surface area contributed by atoms with Crippen LogP contribution in [0.5, 0.6) is 0 Å². The molecule has 138 valence electrons. The molecule has 0 spiro atoms. The Hall–Kier alpha value is -2.19. The molecule has 0 aliphatic carbocycles. The van der Waals surface area contributed by atoms with Gasteiger partial charge in [-0.25, -0.2) is 4.39 Å². The van der Waals surface area contributed by atoms with Gasteiger partial charge in [0.15, 0.2) is 0 Å². The smallest absolute Gasteiger partial charge is 0.255 e. The number of halogens is 2. The van der Waals surface area contributed by atoms with Gasteiger partial charge in [-0.05, 0) is 31.0 Å². The van der Waals surface area contributed by atoms with Crippen molar-refractivity contribution in [2.75, 3.05) is 25.6 Å². The van der Waals surface area contributed by atoms with E-state index in [1.807, 2.05) is 0 Å². The molecule has 0 unspecified atom stereocenters. The van der Waals surface area contributed by atoms with E-state index in [1.165, 1.54) is 12.1 Å². The molecule has 0 saturated heterocycles. The summed E-state index contributed by atoms with van der Waals surface area (Å²) in [6, 6.07) is 5.91. The van der Waals surface area contributed by atoms with Gasteiger partial charge in [0, 0.05) is 36.4 Å². The fourth-order valence-corrected chi connectivity index (χ4v) is 3.38. The lowest BCUT2D eigenvalue weighted by molar-refractivity contribution is 0.0936. The number of hydrogen-bond donors (Lipinski definition) is 2. The first-order valence-corrected chi connectivity index (χ1v) is 9.06. The molecular formula is C18H19BrFN3O3. The lowest BCUT2D eigenvalue weighted by Crippen LogP contribution is -2.31. The third-order valence-electron chi connectivity index (χ3n) is 4.23. The van der Waals surface area contributed by atoms with E-state index in [1.54, 1.807) is 23.8 Å². The summed E-state index contributed by atoms with van der Waals surface area (Å²) in [4.78, 5) is 25.1. The maximum absolute atomic E-state index is 14.2. The molecule has 0 bridgehead atoms. The van der Waals surface area contributed by atoms with Gasteiger partial charge >= 0.3 is 0 Å². The number of hydrogen-bond acceptors (Lipinski definition) is 4. The van der Waals surface area contributed by atoms with Crippen molar-refractivity contribution in [2.45, 2.75) is 19.4 Å². The van der Waals surface area contributed by atoms with E-state index in [9.17, 15) is 14.0 Å². The van der Waals surface area contributed by atoms with E-state index in [0.29, 0.717) is 47.5 Å². The summed E-state index contributed by atoms with van der Waals surface area (Å²) >= 11 is 3.21. The number of fused-ring (bicyclic) bond motifs is 1. The zero-order valence-electron chi connectivity index (χ0n) is 14.3. The SMILES string of the molecule is COCCNC(=O)c1c(Nc2ccc(Br)cc2F)cc(=O)n2c1CCC2. The zero-order chi connectivity index (χ0) is 18.7. The van der Waals surface area contributed by atoms with Gasteiger partial charge in [0.05, 0.1) is 23.5 Å². The van der Waals surface area contributed by atoms with E-state index in [0.717, 1.165) is 6.42 Å². The molecule has 0 fully saturated rings. The molecule has 8 heteroatoms. The second kappa shape index (κ2) is 8.01. The number of nitrogens with one attached hydrogen (secondary N) is 2. The van der Waals surface area contributed by atoms with Gasteiger partial charge < -0.3 is 19.9 Å². The van der Waals surface area contributed by atoms with Gasteiger partial charge in [-0.15, -0.1) is 0 Å². The topological polar surface area (TPSA) is 72.4 Å². The van der Waals surface area contributed by atoms with E-state index in [-0.39, 0.29) is 17.2 Å². The van der Waals surface area contributed by atoms with Crippen molar-refractivity contribution in [1.29, 1.82) is 0 Å². The first kappa shape index (κ1) is 18.6. The van der Waals surface area contributed by atoms with Crippen LogP contribution in [0.1, 0.15) is 22.5 Å². The minimum Gasteiger partial charge on any atom is -0.383 e. The summed E-state index contributed by atoms with van der Waals surface area (Å²) in [5.74, 6) is -0.793. The number of benzene rings is 1. The number of carbonyl (C=O) groups is 1. The zero-order valence-corrected chi connectivity index (χ0v) is 15.9. The highest BCUT2D eigenvalue weighted by Gasteiger charge is 2.24. The monoisotopic (exact) mass is 423 g/mol. The summed E-state index contributed by atoms with van der Waals surface area (Å²) < 4.78 is 21.4. The molecule has 3 rings (SSSR count). The van der Waals surface area contributed by atoms with Crippen molar-refractivity contribution in [3.8, 4) is 0 Å². The van der Waals surface area contributed by atoms with Crippen LogP contribution in [-0.4, -0.2) is 30.7 Å². The normalized spacial score (nSPS) is 12.7. The van der Waals surface area contributed by atoms with Crippen molar-refractivity contribution < 1.29 is 13.9 Å². The second-order valence-electron chi connectivity index (χ2n) is 5.97. The van der Waals surface area contributed by atoms with E-state index >= 15 is 0 Å². The first-order chi connectivity index (χ1) is 12.5. The van der Waals surface area contributed by atoms with Crippen LogP contribution in [-0.2, 0) is 17.7 Å². The van der Waals surface area contributed by atoms with Gasteiger partial charge in [-0.3, -0.25) is 9.59 Å². The van der Waals surface area contributed by atoms with Crippen molar-refractivity contribution in [1.82, 2.24) is 9.88 Å². The van der Waals surface area contributed by atoms with Crippen LogP contribution in [0, 0.1) is 5.82 Å². The fourth-order valence-electron chi connectivity index (χ4n) is 3.05. The minimum atomic E-state index is -0.481. The van der Waals surface area contributed by atoms with Crippen LogP contribution in [0.3, 0.4) is 0 Å². The number of nitrogens with zero attached hydrogens (tertiary/aromatic N) is 1. The van der Waals surface area contributed by atoms with Crippen LogP contribution < -0.4 is 16.2 Å². The van der Waals surface area contributed by atoms with Crippen molar-refractivity contribution in [2.24, 2.45) is 0 Å². The molecule has 1 aromatic heterocycles. The molecule has 6 nitrogen and oxygen atoms in total. The maximum atomic E-state index is 14.2. The van der Waals surface area contributed by atoms with Gasteiger partial charge in [0.2, 0.25) is 0 Å². The highest BCUT2D eigenvalue weighted by Crippen LogP contribution is 2.28. The Labute approximate surface area is 158 Å². The predicted octanol–water partition coefficient (Wildman–Crippen LogP) is 2.82. The number of rotatable bonds is 6. The van der Waals surface area contributed by atoms with E-state index in [4.69, 9.17) is 4.74 Å². The van der Waals surface area contributed by atoms with Crippen LogP contribution >= 0.6 is 15.9 Å². The van der Waals surface area contributed by atoms with Crippen LogP contribution in [0.25, 0.3) is 0 Å². The Morgan fingerprint density at radius 2 is 2.15 bits per heavy atom. The Balaban J connectivity index is 2.02. The number of aromatic nitrogens is 1.